The summed E-state index contributed by atoms with van der Waals surface area (Å²) in [5, 5.41) is 18.3. The van der Waals surface area contributed by atoms with E-state index in [1.807, 2.05) is 56.3 Å². The van der Waals surface area contributed by atoms with Crippen LogP contribution in [0, 0.1) is 26.2 Å². The van der Waals surface area contributed by atoms with Gasteiger partial charge in [-0.15, -0.1) is 0 Å². The van der Waals surface area contributed by atoms with Gasteiger partial charge in [-0.1, -0.05) is 60.2 Å². The summed E-state index contributed by atoms with van der Waals surface area (Å²) < 4.78 is 2.19. The first-order chi connectivity index (χ1) is 17.4. The predicted molar refractivity (Wildman–Crippen MR) is 148 cm³/mol. The normalized spacial score (nSPS) is 16.5. The Bertz CT molecular complexity index is 1690. The summed E-state index contributed by atoms with van der Waals surface area (Å²) in [4.78, 5) is 17.3. The molecule has 6 rings (SSSR count). The van der Waals surface area contributed by atoms with E-state index >= 15 is 0 Å². The Labute approximate surface area is 213 Å². The third-order valence-electron chi connectivity index (χ3n) is 6.50. The molecule has 3 heterocycles. The molecule has 3 aromatic carbocycles. The molecule has 0 aliphatic carbocycles. The fourth-order valence-electron chi connectivity index (χ4n) is 4.75. The third-order valence-corrected chi connectivity index (χ3v) is 7.45. The lowest BCUT2D eigenvalue weighted by Gasteiger charge is -2.20. The highest BCUT2D eigenvalue weighted by Gasteiger charge is 2.36. The zero-order valence-corrected chi connectivity index (χ0v) is 20.9. The molecule has 0 atom stereocenters. The maximum Gasteiger partial charge on any atom is 0.283 e. The Kier molecular flexibility index (Phi) is 5.23. The van der Waals surface area contributed by atoms with Gasteiger partial charge in [-0.3, -0.25) is 10.2 Å². The van der Waals surface area contributed by atoms with E-state index in [0.717, 1.165) is 44.2 Å². The van der Waals surface area contributed by atoms with Gasteiger partial charge in [0.25, 0.3) is 5.91 Å². The van der Waals surface area contributed by atoms with E-state index in [9.17, 15) is 4.79 Å². The minimum Gasteiger partial charge on any atom is -0.317 e. The fraction of sp³-hybridized carbons (Fsp3) is 0.103. The molecule has 0 unspecified atom stereocenters. The Morgan fingerprint density at radius 3 is 2.56 bits per heavy atom. The molecule has 0 saturated heterocycles. The number of carbonyl (C=O) groups is 1. The highest BCUT2D eigenvalue weighted by atomic mass is 32.2. The van der Waals surface area contributed by atoms with Crippen molar-refractivity contribution in [3.63, 3.8) is 0 Å². The van der Waals surface area contributed by atoms with E-state index in [-0.39, 0.29) is 11.4 Å². The predicted octanol–water partition coefficient (Wildman–Crippen LogP) is 6.22. The number of hydrogen-bond donors (Lipinski definition) is 1. The van der Waals surface area contributed by atoms with Crippen molar-refractivity contribution >= 4 is 50.6 Å². The van der Waals surface area contributed by atoms with Crippen LogP contribution < -0.4 is 0 Å². The molecule has 1 aromatic heterocycles. The molecule has 0 radical (unpaired) electrons. The topological polar surface area (TPSA) is 73.8 Å². The average Bonchev–Trinajstić information content (AvgIpc) is 3.42. The van der Waals surface area contributed by atoms with Crippen LogP contribution in [0.1, 0.15) is 28.1 Å². The van der Waals surface area contributed by atoms with Crippen molar-refractivity contribution in [1.82, 2.24) is 9.58 Å². The molecule has 36 heavy (non-hydrogen) atoms. The second-order valence-corrected chi connectivity index (χ2v) is 9.91. The number of carbonyl (C=O) groups excluding carboxylic acids is 1. The smallest absolute Gasteiger partial charge is 0.283 e. The molecule has 0 saturated carbocycles. The van der Waals surface area contributed by atoms with Crippen LogP contribution in [-0.4, -0.2) is 31.5 Å². The second kappa shape index (κ2) is 8.46. The van der Waals surface area contributed by atoms with E-state index in [2.05, 4.69) is 51.9 Å². The SMILES string of the molecule is Cc1cccc(C2=NN3C(=N)C(=Cc4cc(C)n(-c5cccc6ccccc56)c4C)C(=O)N=C3S2)c1. The summed E-state index contributed by atoms with van der Waals surface area (Å²) in [5.74, 6) is -0.385. The first kappa shape index (κ1) is 22.2. The van der Waals surface area contributed by atoms with Gasteiger partial charge >= 0.3 is 0 Å². The van der Waals surface area contributed by atoms with E-state index in [1.165, 1.54) is 22.2 Å². The first-order valence-corrected chi connectivity index (χ1v) is 12.5. The Hall–Kier alpha value is -4.23. The van der Waals surface area contributed by atoms with Crippen LogP contribution in [0.2, 0.25) is 0 Å². The van der Waals surface area contributed by atoms with E-state index in [1.54, 1.807) is 6.08 Å². The lowest BCUT2D eigenvalue weighted by Crippen LogP contribution is -2.35. The van der Waals surface area contributed by atoms with Gasteiger partial charge in [0.2, 0.25) is 5.17 Å². The number of aromatic nitrogens is 1. The van der Waals surface area contributed by atoms with Crippen molar-refractivity contribution in [2.24, 2.45) is 10.1 Å². The minimum absolute atomic E-state index is 0.0371. The summed E-state index contributed by atoms with van der Waals surface area (Å²) in [5.41, 5.74) is 6.30. The number of nitrogens with zero attached hydrogens (tertiary/aromatic N) is 4. The summed E-state index contributed by atoms with van der Waals surface area (Å²) in [6, 6.07) is 24.6. The molecule has 1 N–H and O–H groups in total. The molecule has 176 valence electrons. The first-order valence-electron chi connectivity index (χ1n) is 11.6. The van der Waals surface area contributed by atoms with Crippen molar-refractivity contribution in [1.29, 1.82) is 5.41 Å². The van der Waals surface area contributed by atoms with Crippen LogP contribution >= 0.6 is 11.8 Å². The molecule has 7 heteroatoms. The standard InChI is InChI=1S/C29H23N5OS/c1-17-8-6-11-21(14-17)28-32-34-26(30)24(27(35)31-29(34)36-28)16-22-15-18(2)33(19(22)3)25-13-7-10-20-9-4-5-12-23(20)25/h4-16,30H,1-3H3. The molecule has 6 nitrogen and oxygen atoms in total. The zero-order chi connectivity index (χ0) is 25.0. The lowest BCUT2D eigenvalue weighted by atomic mass is 10.1. The number of nitrogens with one attached hydrogen (secondary N) is 1. The largest absolute Gasteiger partial charge is 0.317 e. The summed E-state index contributed by atoms with van der Waals surface area (Å²) >= 11 is 1.31. The number of fused-ring (bicyclic) bond motifs is 2. The van der Waals surface area contributed by atoms with E-state index < -0.39 is 5.91 Å². The summed E-state index contributed by atoms with van der Waals surface area (Å²) in [6.07, 6.45) is 1.76. The van der Waals surface area contributed by atoms with Gasteiger partial charge in [-0.05, 0) is 67.8 Å². The molecule has 2 aliphatic rings. The average molecular weight is 490 g/mol. The highest BCUT2D eigenvalue weighted by Crippen LogP contribution is 2.33. The highest BCUT2D eigenvalue weighted by molar-refractivity contribution is 8.27. The van der Waals surface area contributed by atoms with Crippen molar-refractivity contribution in [3.05, 3.63) is 106 Å². The molecule has 0 spiro atoms. The van der Waals surface area contributed by atoms with E-state index in [0.29, 0.717) is 5.17 Å². The molecule has 0 fully saturated rings. The van der Waals surface area contributed by atoms with Gasteiger partial charge in [0.15, 0.2) is 5.84 Å². The van der Waals surface area contributed by atoms with Crippen LogP contribution in [0.25, 0.3) is 22.5 Å². The maximum atomic E-state index is 13.0. The molecular weight excluding hydrogens is 466 g/mol. The second-order valence-electron chi connectivity index (χ2n) is 8.95. The van der Waals surface area contributed by atoms with Gasteiger partial charge < -0.3 is 4.57 Å². The molecule has 2 aliphatic heterocycles. The Balaban J connectivity index is 1.40. The zero-order valence-electron chi connectivity index (χ0n) is 20.1. The van der Waals surface area contributed by atoms with Crippen LogP contribution in [0.4, 0.5) is 0 Å². The van der Waals surface area contributed by atoms with Crippen LogP contribution in [0.3, 0.4) is 0 Å². The van der Waals surface area contributed by atoms with Gasteiger partial charge in [-0.2, -0.15) is 15.1 Å². The minimum atomic E-state index is -0.422. The van der Waals surface area contributed by atoms with Crippen LogP contribution in [-0.2, 0) is 4.79 Å². The quantitative estimate of drug-likeness (QED) is 0.347. The van der Waals surface area contributed by atoms with E-state index in [4.69, 9.17) is 5.41 Å². The molecule has 1 amide bonds. The molecule has 0 bridgehead atoms. The number of rotatable bonds is 3. The number of amidine groups is 2. The Morgan fingerprint density at radius 1 is 0.944 bits per heavy atom. The fourth-order valence-corrected chi connectivity index (χ4v) is 5.64. The lowest BCUT2D eigenvalue weighted by molar-refractivity contribution is -0.114. The van der Waals surface area contributed by atoms with Gasteiger partial charge in [-0.25, -0.2) is 0 Å². The van der Waals surface area contributed by atoms with Crippen molar-refractivity contribution in [3.8, 4) is 5.69 Å². The van der Waals surface area contributed by atoms with Crippen LogP contribution in [0.5, 0.6) is 0 Å². The van der Waals surface area contributed by atoms with Gasteiger partial charge in [0, 0.05) is 22.3 Å². The number of aryl methyl sites for hydroxylation is 2. The number of aliphatic imine (C=N–C) groups is 1. The van der Waals surface area contributed by atoms with Gasteiger partial charge in [0.05, 0.1) is 11.3 Å². The van der Waals surface area contributed by atoms with Crippen molar-refractivity contribution in [2.75, 3.05) is 0 Å². The summed E-state index contributed by atoms with van der Waals surface area (Å²) in [7, 11) is 0. The number of hydrazone groups is 1. The number of benzene rings is 3. The van der Waals surface area contributed by atoms with Crippen LogP contribution in [0.15, 0.2) is 88.5 Å². The van der Waals surface area contributed by atoms with Crippen molar-refractivity contribution < 1.29 is 4.79 Å². The maximum absolute atomic E-state index is 13.0. The van der Waals surface area contributed by atoms with Gasteiger partial charge in [0.1, 0.15) is 5.04 Å². The number of thioether (sulfide) groups is 1. The number of amides is 1. The summed E-state index contributed by atoms with van der Waals surface area (Å²) in [6.45, 7) is 6.11. The monoisotopic (exact) mass is 489 g/mol. The third kappa shape index (κ3) is 3.60. The molecule has 4 aromatic rings. The molecular formula is C29H23N5OS. The number of hydrogen-bond acceptors (Lipinski definition) is 4. The van der Waals surface area contributed by atoms with Crippen molar-refractivity contribution in [2.45, 2.75) is 20.8 Å². The Morgan fingerprint density at radius 2 is 1.72 bits per heavy atom.